The van der Waals surface area contributed by atoms with Crippen molar-refractivity contribution in [3.8, 4) is 6.07 Å². The molecule has 0 bridgehead atoms. The second-order valence-electron chi connectivity index (χ2n) is 3.71. The first-order valence-corrected chi connectivity index (χ1v) is 5.00. The van der Waals surface area contributed by atoms with Gasteiger partial charge in [-0.25, -0.2) is 0 Å². The van der Waals surface area contributed by atoms with Gasteiger partial charge in [-0.1, -0.05) is 6.58 Å². The Labute approximate surface area is 104 Å². The Hall–Kier alpha value is -2.68. The fourth-order valence-corrected chi connectivity index (χ4v) is 1.42. The molecule has 1 aromatic carbocycles. The van der Waals surface area contributed by atoms with Crippen LogP contribution >= 0.6 is 0 Å². The third-order valence-corrected chi connectivity index (χ3v) is 2.34. The maximum atomic E-state index is 11.7. The molecule has 0 radical (unpaired) electrons. The lowest BCUT2D eigenvalue weighted by atomic mass is 10.1. The highest BCUT2D eigenvalue weighted by atomic mass is 16.6. The maximum absolute atomic E-state index is 11.7. The number of benzene rings is 1. The van der Waals surface area contributed by atoms with E-state index < -0.39 is 4.92 Å². The molecule has 1 aromatic rings. The van der Waals surface area contributed by atoms with Gasteiger partial charge in [0, 0.05) is 24.8 Å². The molecule has 6 nitrogen and oxygen atoms in total. The molecule has 0 aromatic heterocycles. The van der Waals surface area contributed by atoms with Gasteiger partial charge >= 0.3 is 0 Å². The molecule has 0 unspecified atom stereocenters. The van der Waals surface area contributed by atoms with Crippen molar-refractivity contribution in [2.75, 3.05) is 11.9 Å². The molecular weight excluding hydrogens is 234 g/mol. The maximum Gasteiger partial charge on any atom is 0.270 e. The largest absolute Gasteiger partial charge is 0.310 e. The number of likely N-dealkylation sites (N-methyl/N-ethyl adjacent to an activating group) is 1. The Morgan fingerprint density at radius 2 is 2.17 bits per heavy atom. The Kier molecular flexibility index (Phi) is 3.79. The van der Waals surface area contributed by atoms with E-state index in [1.54, 1.807) is 6.92 Å². The monoisotopic (exact) mass is 245 g/mol. The summed E-state index contributed by atoms with van der Waals surface area (Å²) in [6.45, 7) is 5.07. The second kappa shape index (κ2) is 5.10. The number of amides is 1. The van der Waals surface area contributed by atoms with Crippen LogP contribution in [0.2, 0.25) is 0 Å². The number of anilines is 1. The van der Waals surface area contributed by atoms with Crippen molar-refractivity contribution in [1.82, 2.24) is 0 Å². The number of nitro groups is 1. The number of nitriles is 1. The number of carbonyl (C=O) groups excluding carboxylic acids is 1. The van der Waals surface area contributed by atoms with Gasteiger partial charge in [0.25, 0.3) is 11.6 Å². The van der Waals surface area contributed by atoms with Crippen LogP contribution in [-0.4, -0.2) is 17.9 Å². The van der Waals surface area contributed by atoms with Crippen molar-refractivity contribution in [2.24, 2.45) is 0 Å². The third kappa shape index (κ3) is 2.52. The van der Waals surface area contributed by atoms with Crippen LogP contribution in [0.5, 0.6) is 0 Å². The van der Waals surface area contributed by atoms with Crippen molar-refractivity contribution in [1.29, 1.82) is 5.26 Å². The summed E-state index contributed by atoms with van der Waals surface area (Å²) < 4.78 is 0. The van der Waals surface area contributed by atoms with Crippen molar-refractivity contribution in [3.05, 3.63) is 46.0 Å². The van der Waals surface area contributed by atoms with Crippen LogP contribution in [0.25, 0.3) is 0 Å². The predicted molar refractivity (Wildman–Crippen MR) is 66.0 cm³/mol. The summed E-state index contributed by atoms with van der Waals surface area (Å²) in [6.07, 6.45) is 0. The number of hydrogen-bond acceptors (Lipinski definition) is 4. The molecule has 0 aliphatic rings. The van der Waals surface area contributed by atoms with Crippen LogP contribution in [0.4, 0.5) is 11.4 Å². The topological polar surface area (TPSA) is 87.2 Å². The summed E-state index contributed by atoms with van der Waals surface area (Å²) in [7, 11) is 1.49. The van der Waals surface area contributed by atoms with E-state index >= 15 is 0 Å². The molecule has 0 saturated heterocycles. The molecule has 0 saturated carbocycles. The molecule has 0 spiro atoms. The third-order valence-electron chi connectivity index (χ3n) is 2.34. The fraction of sp³-hybridized carbons (Fsp3) is 0.167. The minimum Gasteiger partial charge on any atom is -0.310 e. The molecule has 1 rings (SSSR count). The highest BCUT2D eigenvalue weighted by Crippen LogP contribution is 2.24. The van der Waals surface area contributed by atoms with Crippen LogP contribution in [-0.2, 0) is 4.79 Å². The van der Waals surface area contributed by atoms with E-state index in [9.17, 15) is 14.9 Å². The van der Waals surface area contributed by atoms with Gasteiger partial charge in [-0.2, -0.15) is 5.26 Å². The minimum atomic E-state index is -0.592. The summed E-state index contributed by atoms with van der Waals surface area (Å²) in [5.74, 6) is -0.347. The van der Waals surface area contributed by atoms with Gasteiger partial charge in [-0.3, -0.25) is 14.9 Å². The summed E-state index contributed by atoms with van der Waals surface area (Å²) in [5, 5.41) is 19.6. The van der Waals surface area contributed by atoms with Gasteiger partial charge in [0.2, 0.25) is 0 Å². The average molecular weight is 245 g/mol. The first-order valence-electron chi connectivity index (χ1n) is 5.00. The minimum absolute atomic E-state index is 0.0706. The van der Waals surface area contributed by atoms with Gasteiger partial charge in [-0.15, -0.1) is 0 Å². The molecule has 0 N–H and O–H groups in total. The zero-order valence-electron chi connectivity index (χ0n) is 10.0. The van der Waals surface area contributed by atoms with Crippen LogP contribution in [0.3, 0.4) is 0 Å². The highest BCUT2D eigenvalue weighted by Gasteiger charge is 2.17. The molecule has 6 heteroatoms. The number of nitrogens with zero attached hydrogens (tertiary/aromatic N) is 3. The smallest absolute Gasteiger partial charge is 0.270 e. The summed E-state index contributed by atoms with van der Waals surface area (Å²) >= 11 is 0. The van der Waals surface area contributed by atoms with E-state index in [4.69, 9.17) is 5.26 Å². The zero-order valence-corrected chi connectivity index (χ0v) is 10.0. The molecule has 1 amide bonds. The summed E-state index contributed by atoms with van der Waals surface area (Å²) in [4.78, 5) is 23.0. The molecule has 0 fully saturated rings. The van der Waals surface area contributed by atoms with E-state index in [0.717, 1.165) is 6.07 Å². The molecule has 0 atom stereocenters. The van der Waals surface area contributed by atoms with Gasteiger partial charge in [0.05, 0.1) is 16.2 Å². The lowest BCUT2D eigenvalue weighted by Gasteiger charge is -2.18. The highest BCUT2D eigenvalue weighted by molar-refractivity contribution is 6.05. The quantitative estimate of drug-likeness (QED) is 0.463. The van der Waals surface area contributed by atoms with Crippen molar-refractivity contribution in [2.45, 2.75) is 6.92 Å². The van der Waals surface area contributed by atoms with Crippen LogP contribution < -0.4 is 4.90 Å². The van der Waals surface area contributed by atoms with Crippen molar-refractivity contribution < 1.29 is 9.72 Å². The van der Waals surface area contributed by atoms with Gasteiger partial charge in [0.1, 0.15) is 6.07 Å². The van der Waals surface area contributed by atoms with E-state index in [2.05, 4.69) is 6.58 Å². The lowest BCUT2D eigenvalue weighted by Crippen LogP contribution is -2.27. The van der Waals surface area contributed by atoms with E-state index in [1.807, 2.05) is 6.07 Å². The first kappa shape index (κ1) is 13.4. The standard InChI is InChI=1S/C12H11N3O3/c1-8(2)12(16)14(3)11-5-4-10(15(17)18)6-9(11)7-13/h4-6H,1H2,2-3H3. The summed E-state index contributed by atoms with van der Waals surface area (Å²) in [6, 6.07) is 5.59. The number of rotatable bonds is 3. The number of non-ortho nitro benzene ring substituents is 1. The van der Waals surface area contributed by atoms with E-state index in [0.29, 0.717) is 11.3 Å². The van der Waals surface area contributed by atoms with Crippen molar-refractivity contribution in [3.63, 3.8) is 0 Å². The Balaban J connectivity index is 3.26. The molecular formula is C12H11N3O3. The molecule has 0 aliphatic heterocycles. The van der Waals surface area contributed by atoms with Crippen LogP contribution in [0.1, 0.15) is 12.5 Å². The lowest BCUT2D eigenvalue weighted by molar-refractivity contribution is -0.384. The fourth-order valence-electron chi connectivity index (χ4n) is 1.42. The number of carbonyl (C=O) groups is 1. The van der Waals surface area contributed by atoms with Gasteiger partial charge in [-0.05, 0) is 13.0 Å². The number of hydrogen-bond donors (Lipinski definition) is 0. The van der Waals surface area contributed by atoms with Crippen LogP contribution in [0, 0.1) is 21.4 Å². The summed E-state index contributed by atoms with van der Waals surface area (Å²) in [5.41, 5.74) is 0.517. The SMILES string of the molecule is C=C(C)C(=O)N(C)c1ccc([N+](=O)[O-])cc1C#N. The van der Waals surface area contributed by atoms with Gasteiger partial charge in [0.15, 0.2) is 0 Å². The van der Waals surface area contributed by atoms with Gasteiger partial charge < -0.3 is 4.90 Å². The molecule has 0 heterocycles. The first-order chi connectivity index (χ1) is 8.38. The van der Waals surface area contributed by atoms with Crippen LogP contribution in [0.15, 0.2) is 30.4 Å². The molecule has 92 valence electrons. The zero-order chi connectivity index (χ0) is 13.9. The Morgan fingerprint density at radius 1 is 1.56 bits per heavy atom. The van der Waals surface area contributed by atoms with E-state index in [-0.39, 0.29) is 17.2 Å². The number of nitro benzene ring substituents is 1. The van der Waals surface area contributed by atoms with Crippen molar-refractivity contribution >= 4 is 17.3 Å². The molecule has 18 heavy (non-hydrogen) atoms. The normalized spacial score (nSPS) is 9.39. The average Bonchev–Trinajstić information content (AvgIpc) is 2.35. The Bertz CT molecular complexity index is 572. The second-order valence-corrected chi connectivity index (χ2v) is 3.71. The Morgan fingerprint density at radius 3 is 2.61 bits per heavy atom. The molecule has 0 aliphatic carbocycles. The predicted octanol–water partition coefficient (Wildman–Crippen LogP) is 2.01. The van der Waals surface area contributed by atoms with E-state index in [1.165, 1.54) is 24.1 Å².